The molecular formula is C17H20N2O2. The second kappa shape index (κ2) is 5.95. The minimum absolute atomic E-state index is 0.0676. The summed E-state index contributed by atoms with van der Waals surface area (Å²) in [5.74, 6) is -0.264. The summed E-state index contributed by atoms with van der Waals surface area (Å²) in [4.78, 5) is 26.9. The van der Waals surface area contributed by atoms with Crippen molar-refractivity contribution < 1.29 is 9.59 Å². The molecule has 1 aromatic carbocycles. The Hall–Kier alpha value is -2.36. The third kappa shape index (κ3) is 3.05. The molecule has 1 aromatic heterocycles. The van der Waals surface area contributed by atoms with Crippen LogP contribution in [-0.4, -0.2) is 16.7 Å². The van der Waals surface area contributed by atoms with Crippen LogP contribution < -0.4 is 5.32 Å². The number of aromatic nitrogens is 1. The van der Waals surface area contributed by atoms with Crippen LogP contribution in [0.25, 0.3) is 0 Å². The van der Waals surface area contributed by atoms with E-state index in [1.807, 2.05) is 24.3 Å². The summed E-state index contributed by atoms with van der Waals surface area (Å²) < 4.78 is 0. The van der Waals surface area contributed by atoms with E-state index in [0.29, 0.717) is 22.5 Å². The zero-order valence-corrected chi connectivity index (χ0v) is 12.8. The van der Waals surface area contributed by atoms with Crippen molar-refractivity contribution in [3.8, 4) is 0 Å². The van der Waals surface area contributed by atoms with Gasteiger partial charge in [0.2, 0.25) is 0 Å². The van der Waals surface area contributed by atoms with Gasteiger partial charge in [0.05, 0.1) is 11.3 Å². The van der Waals surface area contributed by atoms with Gasteiger partial charge in [-0.2, -0.15) is 0 Å². The molecule has 110 valence electrons. The molecular weight excluding hydrogens is 264 g/mol. The van der Waals surface area contributed by atoms with Crippen LogP contribution in [-0.2, 0) is 6.42 Å². The lowest BCUT2D eigenvalue weighted by Crippen LogP contribution is -2.13. The van der Waals surface area contributed by atoms with Crippen LogP contribution >= 0.6 is 0 Å². The molecule has 0 aliphatic heterocycles. The number of amides is 1. The van der Waals surface area contributed by atoms with Crippen molar-refractivity contribution >= 4 is 17.4 Å². The number of ketones is 1. The highest BCUT2D eigenvalue weighted by Gasteiger charge is 2.20. The maximum Gasteiger partial charge on any atom is 0.257 e. The number of carbonyl (C=O) groups is 2. The fourth-order valence-electron chi connectivity index (χ4n) is 2.46. The summed E-state index contributed by atoms with van der Waals surface area (Å²) in [5, 5.41) is 2.87. The quantitative estimate of drug-likeness (QED) is 0.842. The Labute approximate surface area is 124 Å². The summed E-state index contributed by atoms with van der Waals surface area (Å²) in [6.45, 7) is 7.16. The maximum atomic E-state index is 12.4. The SMILES string of the molecule is CCc1ccc(NC(=O)c2c(C)[nH]c(C(C)=O)c2C)cc1. The Balaban J connectivity index is 2.26. The van der Waals surface area contributed by atoms with Crippen LogP contribution in [0.3, 0.4) is 0 Å². The molecule has 2 rings (SSSR count). The van der Waals surface area contributed by atoms with Crippen LogP contribution in [0.1, 0.15) is 51.5 Å². The van der Waals surface area contributed by atoms with E-state index < -0.39 is 0 Å². The molecule has 0 saturated heterocycles. The van der Waals surface area contributed by atoms with Crippen LogP contribution in [0.5, 0.6) is 0 Å². The van der Waals surface area contributed by atoms with Crippen molar-refractivity contribution in [3.63, 3.8) is 0 Å². The van der Waals surface area contributed by atoms with Crippen molar-refractivity contribution in [3.05, 3.63) is 52.3 Å². The highest BCUT2D eigenvalue weighted by molar-refractivity contribution is 6.08. The van der Waals surface area contributed by atoms with E-state index in [-0.39, 0.29) is 11.7 Å². The molecule has 0 unspecified atom stereocenters. The molecule has 0 bridgehead atoms. The Morgan fingerprint density at radius 1 is 1.14 bits per heavy atom. The number of carbonyl (C=O) groups excluding carboxylic acids is 2. The highest BCUT2D eigenvalue weighted by Crippen LogP contribution is 2.20. The van der Waals surface area contributed by atoms with Gasteiger partial charge in [-0.3, -0.25) is 9.59 Å². The predicted octanol–water partition coefficient (Wildman–Crippen LogP) is 3.65. The van der Waals surface area contributed by atoms with Gasteiger partial charge in [-0.1, -0.05) is 19.1 Å². The van der Waals surface area contributed by atoms with Crippen LogP contribution in [0, 0.1) is 13.8 Å². The van der Waals surface area contributed by atoms with E-state index >= 15 is 0 Å². The second-order valence-electron chi connectivity index (χ2n) is 5.19. The van der Waals surface area contributed by atoms with E-state index in [1.165, 1.54) is 12.5 Å². The topological polar surface area (TPSA) is 62.0 Å². The molecule has 21 heavy (non-hydrogen) atoms. The fraction of sp³-hybridized carbons (Fsp3) is 0.294. The summed E-state index contributed by atoms with van der Waals surface area (Å²) in [7, 11) is 0. The molecule has 0 spiro atoms. The number of nitrogens with one attached hydrogen (secondary N) is 2. The van der Waals surface area contributed by atoms with Gasteiger partial charge in [0.1, 0.15) is 0 Å². The van der Waals surface area contributed by atoms with Gasteiger partial charge in [-0.15, -0.1) is 0 Å². The first-order valence-corrected chi connectivity index (χ1v) is 7.04. The third-order valence-electron chi connectivity index (χ3n) is 3.64. The number of Topliss-reactive ketones (excluding diaryl/α,β-unsaturated/α-hetero) is 1. The van der Waals surface area contributed by atoms with E-state index in [9.17, 15) is 9.59 Å². The van der Waals surface area contributed by atoms with Crippen LogP contribution in [0.15, 0.2) is 24.3 Å². The van der Waals surface area contributed by atoms with Gasteiger partial charge in [0.15, 0.2) is 5.78 Å². The smallest absolute Gasteiger partial charge is 0.257 e. The summed E-state index contributed by atoms with van der Waals surface area (Å²) in [6, 6.07) is 7.76. The standard InChI is InChI=1S/C17H20N2O2/c1-5-13-6-8-14(9-7-13)19-17(21)15-10(2)16(12(4)20)18-11(15)3/h6-9,18H,5H2,1-4H3,(H,19,21). The summed E-state index contributed by atoms with van der Waals surface area (Å²) in [6.07, 6.45) is 0.965. The molecule has 0 aliphatic rings. The molecule has 2 aromatic rings. The summed E-state index contributed by atoms with van der Waals surface area (Å²) in [5.41, 5.74) is 4.42. The number of rotatable bonds is 4. The van der Waals surface area contributed by atoms with E-state index in [1.54, 1.807) is 13.8 Å². The number of aryl methyl sites for hydroxylation is 2. The Morgan fingerprint density at radius 2 is 1.76 bits per heavy atom. The normalized spacial score (nSPS) is 10.5. The molecule has 1 amide bonds. The second-order valence-corrected chi connectivity index (χ2v) is 5.19. The molecule has 0 radical (unpaired) electrons. The highest BCUT2D eigenvalue weighted by atomic mass is 16.1. The predicted molar refractivity (Wildman–Crippen MR) is 84.0 cm³/mol. The Kier molecular flexibility index (Phi) is 4.26. The molecule has 0 fully saturated rings. The molecule has 0 aliphatic carbocycles. The Morgan fingerprint density at radius 3 is 2.24 bits per heavy atom. The average Bonchev–Trinajstić information content (AvgIpc) is 2.75. The number of H-pyrrole nitrogens is 1. The van der Waals surface area contributed by atoms with Crippen molar-refractivity contribution in [2.75, 3.05) is 5.32 Å². The zero-order valence-electron chi connectivity index (χ0n) is 12.8. The first kappa shape index (κ1) is 15.0. The first-order valence-electron chi connectivity index (χ1n) is 7.04. The number of aromatic amines is 1. The number of anilines is 1. The van der Waals surface area contributed by atoms with Crippen molar-refractivity contribution in [2.45, 2.75) is 34.1 Å². The summed E-state index contributed by atoms with van der Waals surface area (Å²) >= 11 is 0. The number of benzene rings is 1. The van der Waals surface area contributed by atoms with Crippen LogP contribution in [0.2, 0.25) is 0 Å². The first-order chi connectivity index (χ1) is 9.93. The molecule has 0 saturated carbocycles. The van der Waals surface area contributed by atoms with Gasteiger partial charge >= 0.3 is 0 Å². The van der Waals surface area contributed by atoms with Crippen molar-refractivity contribution in [1.29, 1.82) is 0 Å². The van der Waals surface area contributed by atoms with Gasteiger partial charge < -0.3 is 10.3 Å². The van der Waals surface area contributed by atoms with Gasteiger partial charge in [-0.25, -0.2) is 0 Å². The van der Waals surface area contributed by atoms with E-state index in [2.05, 4.69) is 17.2 Å². The zero-order chi connectivity index (χ0) is 15.6. The minimum atomic E-state index is -0.196. The van der Waals surface area contributed by atoms with Gasteiger partial charge in [0, 0.05) is 18.3 Å². The number of hydrogen-bond donors (Lipinski definition) is 2. The van der Waals surface area contributed by atoms with Gasteiger partial charge in [0.25, 0.3) is 5.91 Å². The van der Waals surface area contributed by atoms with E-state index in [0.717, 1.165) is 12.1 Å². The molecule has 0 atom stereocenters. The average molecular weight is 284 g/mol. The third-order valence-corrected chi connectivity index (χ3v) is 3.64. The molecule has 4 nitrogen and oxygen atoms in total. The molecule has 2 N–H and O–H groups in total. The van der Waals surface area contributed by atoms with E-state index in [4.69, 9.17) is 0 Å². The fourth-order valence-corrected chi connectivity index (χ4v) is 2.46. The lowest BCUT2D eigenvalue weighted by molar-refractivity contribution is 0.101. The molecule has 4 heteroatoms. The largest absolute Gasteiger partial charge is 0.355 e. The maximum absolute atomic E-state index is 12.4. The van der Waals surface area contributed by atoms with Crippen molar-refractivity contribution in [1.82, 2.24) is 4.98 Å². The molecule has 1 heterocycles. The van der Waals surface area contributed by atoms with Crippen molar-refractivity contribution in [2.24, 2.45) is 0 Å². The monoisotopic (exact) mass is 284 g/mol. The lowest BCUT2D eigenvalue weighted by Gasteiger charge is -2.07. The van der Waals surface area contributed by atoms with Crippen LogP contribution in [0.4, 0.5) is 5.69 Å². The number of hydrogen-bond acceptors (Lipinski definition) is 2. The van der Waals surface area contributed by atoms with Gasteiger partial charge in [-0.05, 0) is 43.5 Å². The lowest BCUT2D eigenvalue weighted by atomic mass is 10.1. The Bertz CT molecular complexity index is 682. The minimum Gasteiger partial charge on any atom is -0.355 e.